The van der Waals surface area contributed by atoms with Crippen LogP contribution in [0.5, 0.6) is 0 Å². The summed E-state index contributed by atoms with van der Waals surface area (Å²) in [6.45, 7) is 4.06. The van der Waals surface area contributed by atoms with Gasteiger partial charge < -0.3 is 14.3 Å². The molecule has 0 aliphatic heterocycles. The van der Waals surface area contributed by atoms with Gasteiger partial charge in [-0.05, 0) is 50.1 Å². The largest absolute Gasteiger partial charge is 0.459 e. The summed E-state index contributed by atoms with van der Waals surface area (Å²) in [6.07, 6.45) is 0.842. The lowest BCUT2D eigenvalue weighted by molar-refractivity contribution is -0.133. The number of aromatic amines is 1. The number of fused-ring (bicyclic) bond motifs is 2. The number of rotatable bonds is 4. The Labute approximate surface area is 163 Å². The molecule has 3 atom stereocenters. The van der Waals surface area contributed by atoms with Crippen molar-refractivity contribution in [1.29, 1.82) is 0 Å². The number of aryl methyl sites for hydroxylation is 1. The van der Waals surface area contributed by atoms with Crippen molar-refractivity contribution < 1.29 is 9.21 Å². The minimum Gasteiger partial charge on any atom is -0.459 e. The molecule has 142 valence electrons. The lowest BCUT2D eigenvalue weighted by Crippen LogP contribution is -2.31. The van der Waals surface area contributed by atoms with Crippen LogP contribution in [0.15, 0.2) is 52.9 Å². The molecule has 1 saturated carbocycles. The molecule has 0 radical (unpaired) electrons. The number of imidazole rings is 1. The number of furan rings is 1. The van der Waals surface area contributed by atoms with Gasteiger partial charge in [0.2, 0.25) is 5.91 Å². The molecule has 2 aromatic carbocycles. The Bertz CT molecular complexity index is 1160. The monoisotopic (exact) mass is 373 g/mol. The highest BCUT2D eigenvalue weighted by Crippen LogP contribution is 2.48. The van der Waals surface area contributed by atoms with E-state index in [2.05, 4.69) is 22.1 Å². The third-order valence-electron chi connectivity index (χ3n) is 5.90. The molecule has 1 aliphatic rings. The van der Waals surface area contributed by atoms with Gasteiger partial charge in [0.1, 0.15) is 17.2 Å². The summed E-state index contributed by atoms with van der Waals surface area (Å²) in [5, 5.41) is 1.07. The number of benzene rings is 2. The average Bonchev–Trinajstić information content (AvgIpc) is 3.19. The molecular formula is C23H23N3O2. The van der Waals surface area contributed by atoms with E-state index >= 15 is 0 Å². The highest BCUT2D eigenvalue weighted by atomic mass is 16.3. The number of hydrogen-bond acceptors (Lipinski definition) is 3. The lowest BCUT2D eigenvalue weighted by Gasteiger charge is -2.23. The maximum absolute atomic E-state index is 13.0. The minimum atomic E-state index is -0.114. The SMILES string of the molecule is Cc1ccc2cc(C(C)N(C)C(=O)[C@H]3C[C@@H]3c3nc4ccccc4[nH]3)oc2c1. The van der Waals surface area contributed by atoms with Crippen molar-refractivity contribution in [3.63, 3.8) is 0 Å². The second-order valence-electron chi connectivity index (χ2n) is 7.90. The number of amides is 1. The maximum atomic E-state index is 13.0. The third-order valence-corrected chi connectivity index (χ3v) is 5.90. The molecule has 0 spiro atoms. The Balaban J connectivity index is 1.33. The van der Waals surface area contributed by atoms with E-state index in [1.807, 2.05) is 57.3 Å². The van der Waals surface area contributed by atoms with Crippen LogP contribution in [0, 0.1) is 12.8 Å². The molecule has 4 aromatic rings. The van der Waals surface area contributed by atoms with Gasteiger partial charge in [0, 0.05) is 24.3 Å². The van der Waals surface area contributed by atoms with E-state index in [0.29, 0.717) is 0 Å². The van der Waals surface area contributed by atoms with Gasteiger partial charge in [0.15, 0.2) is 0 Å². The molecular weight excluding hydrogens is 350 g/mol. The van der Waals surface area contributed by atoms with Crippen LogP contribution in [0.2, 0.25) is 0 Å². The molecule has 5 rings (SSSR count). The van der Waals surface area contributed by atoms with Crippen molar-refractivity contribution >= 4 is 27.9 Å². The molecule has 1 unspecified atom stereocenters. The van der Waals surface area contributed by atoms with Crippen molar-refractivity contribution in [2.24, 2.45) is 5.92 Å². The van der Waals surface area contributed by atoms with E-state index in [-0.39, 0.29) is 23.8 Å². The third kappa shape index (κ3) is 2.78. The first-order valence-electron chi connectivity index (χ1n) is 9.72. The van der Waals surface area contributed by atoms with Gasteiger partial charge >= 0.3 is 0 Å². The quantitative estimate of drug-likeness (QED) is 0.551. The summed E-state index contributed by atoms with van der Waals surface area (Å²) in [5.74, 6) is 2.04. The summed E-state index contributed by atoms with van der Waals surface area (Å²) in [6, 6.07) is 16.1. The van der Waals surface area contributed by atoms with Crippen LogP contribution in [0.3, 0.4) is 0 Å². The first-order valence-corrected chi connectivity index (χ1v) is 9.72. The molecule has 1 amide bonds. The van der Waals surface area contributed by atoms with E-state index < -0.39 is 0 Å². The summed E-state index contributed by atoms with van der Waals surface area (Å²) in [7, 11) is 1.86. The van der Waals surface area contributed by atoms with E-state index in [9.17, 15) is 4.79 Å². The number of para-hydroxylation sites is 2. The fourth-order valence-electron chi connectivity index (χ4n) is 3.93. The molecule has 2 heterocycles. The molecule has 28 heavy (non-hydrogen) atoms. The van der Waals surface area contributed by atoms with E-state index in [0.717, 1.165) is 45.6 Å². The highest BCUT2D eigenvalue weighted by molar-refractivity contribution is 5.84. The predicted molar refractivity (Wildman–Crippen MR) is 109 cm³/mol. The molecule has 0 bridgehead atoms. The number of carbonyl (C=O) groups excluding carboxylic acids is 1. The molecule has 1 N–H and O–H groups in total. The van der Waals surface area contributed by atoms with Crippen molar-refractivity contribution in [2.75, 3.05) is 7.05 Å². The van der Waals surface area contributed by atoms with Gasteiger partial charge in [0.25, 0.3) is 0 Å². The molecule has 5 heteroatoms. The number of nitrogens with one attached hydrogen (secondary N) is 1. The molecule has 2 aromatic heterocycles. The van der Waals surface area contributed by atoms with Crippen LogP contribution in [-0.4, -0.2) is 27.8 Å². The first kappa shape index (κ1) is 17.0. The second-order valence-corrected chi connectivity index (χ2v) is 7.90. The predicted octanol–water partition coefficient (Wildman–Crippen LogP) is 4.94. The lowest BCUT2D eigenvalue weighted by atomic mass is 10.1. The number of carbonyl (C=O) groups is 1. The summed E-state index contributed by atoms with van der Waals surface area (Å²) in [5.41, 5.74) is 4.01. The standard InChI is InChI=1S/C23H23N3O2/c1-13-8-9-15-11-20(28-21(15)10-13)14(2)26(3)23(27)17-12-16(17)22-24-18-6-4-5-7-19(18)25-22/h4-11,14,16-17H,12H2,1-3H3,(H,24,25)/t14?,16-,17-/m0/s1. The Hall–Kier alpha value is -3.08. The van der Waals surface area contributed by atoms with Gasteiger partial charge in [-0.25, -0.2) is 4.98 Å². The van der Waals surface area contributed by atoms with Crippen LogP contribution >= 0.6 is 0 Å². The number of hydrogen-bond donors (Lipinski definition) is 1. The zero-order chi connectivity index (χ0) is 19.4. The number of H-pyrrole nitrogens is 1. The van der Waals surface area contributed by atoms with Crippen molar-refractivity contribution in [3.8, 4) is 0 Å². The Morgan fingerprint density at radius 3 is 2.89 bits per heavy atom. The van der Waals surface area contributed by atoms with Crippen molar-refractivity contribution in [2.45, 2.75) is 32.2 Å². The van der Waals surface area contributed by atoms with Crippen LogP contribution in [0.25, 0.3) is 22.0 Å². The Kier molecular flexibility index (Phi) is 3.79. The molecule has 0 saturated heterocycles. The minimum absolute atomic E-state index is 0.0142. The van der Waals surface area contributed by atoms with Gasteiger partial charge in [-0.15, -0.1) is 0 Å². The molecule has 1 fully saturated rings. The molecule has 5 nitrogen and oxygen atoms in total. The summed E-state index contributed by atoms with van der Waals surface area (Å²) in [4.78, 5) is 22.9. The van der Waals surface area contributed by atoms with E-state index in [1.54, 1.807) is 4.90 Å². The van der Waals surface area contributed by atoms with Gasteiger partial charge in [-0.3, -0.25) is 4.79 Å². The highest BCUT2D eigenvalue weighted by Gasteiger charge is 2.48. The van der Waals surface area contributed by atoms with Gasteiger partial charge in [0.05, 0.1) is 17.1 Å². The van der Waals surface area contributed by atoms with Gasteiger partial charge in [-0.1, -0.05) is 24.3 Å². The van der Waals surface area contributed by atoms with Crippen molar-refractivity contribution in [3.05, 3.63) is 65.7 Å². The van der Waals surface area contributed by atoms with Gasteiger partial charge in [-0.2, -0.15) is 0 Å². The maximum Gasteiger partial charge on any atom is 0.226 e. The Morgan fingerprint density at radius 2 is 2.07 bits per heavy atom. The topological polar surface area (TPSA) is 62.1 Å². The van der Waals surface area contributed by atoms with Crippen molar-refractivity contribution in [1.82, 2.24) is 14.9 Å². The fraction of sp³-hybridized carbons (Fsp3) is 0.304. The average molecular weight is 373 g/mol. The zero-order valence-electron chi connectivity index (χ0n) is 16.3. The second kappa shape index (κ2) is 6.23. The fourth-order valence-corrected chi connectivity index (χ4v) is 3.93. The zero-order valence-corrected chi connectivity index (χ0v) is 16.3. The summed E-state index contributed by atoms with van der Waals surface area (Å²) >= 11 is 0. The van der Waals surface area contributed by atoms with Crippen LogP contribution in [0.1, 0.15) is 42.5 Å². The Morgan fingerprint density at radius 1 is 1.25 bits per heavy atom. The smallest absolute Gasteiger partial charge is 0.226 e. The molecule has 1 aliphatic carbocycles. The summed E-state index contributed by atoms with van der Waals surface area (Å²) < 4.78 is 6.02. The van der Waals surface area contributed by atoms with E-state index in [4.69, 9.17) is 4.42 Å². The number of aromatic nitrogens is 2. The van der Waals surface area contributed by atoms with E-state index in [1.165, 1.54) is 0 Å². The van der Waals surface area contributed by atoms with Crippen LogP contribution < -0.4 is 0 Å². The first-order chi connectivity index (χ1) is 13.5. The number of nitrogens with zero attached hydrogens (tertiary/aromatic N) is 2. The van der Waals surface area contributed by atoms with Crippen LogP contribution in [0.4, 0.5) is 0 Å². The van der Waals surface area contributed by atoms with Crippen LogP contribution in [-0.2, 0) is 4.79 Å². The normalized spacial score (nSPS) is 19.8.